The molecule has 0 heterocycles. The van der Waals surface area contributed by atoms with Crippen molar-refractivity contribution in [3.8, 4) is 0 Å². The summed E-state index contributed by atoms with van der Waals surface area (Å²) >= 11 is 0. The number of hydrogen-bond donors (Lipinski definition) is 1. The maximum atomic E-state index is 3.63. The topological polar surface area (TPSA) is 12.0 Å². The minimum absolute atomic E-state index is 0.656. The van der Waals surface area contributed by atoms with Gasteiger partial charge in [-0.15, -0.1) is 0 Å². The van der Waals surface area contributed by atoms with E-state index in [1.807, 2.05) is 0 Å². The molecule has 3 atom stereocenters. The Labute approximate surface area is 127 Å². The third-order valence-electron chi connectivity index (χ3n) is 5.88. The molecular formula is C20H25N. The lowest BCUT2D eigenvalue weighted by atomic mass is 9.95. The zero-order chi connectivity index (χ0) is 14.2. The van der Waals surface area contributed by atoms with Crippen LogP contribution in [0.15, 0.2) is 42.5 Å². The molecule has 0 bridgehead atoms. The van der Waals surface area contributed by atoms with Crippen LogP contribution >= 0.6 is 0 Å². The van der Waals surface area contributed by atoms with Crippen molar-refractivity contribution in [1.82, 2.24) is 5.32 Å². The number of hydrogen-bond acceptors (Lipinski definition) is 1. The van der Waals surface area contributed by atoms with E-state index in [0.29, 0.717) is 6.04 Å². The SMILES string of the molecule is CNC(Cc1cccc2ccccc12)C1C2CCCCC21. The summed E-state index contributed by atoms with van der Waals surface area (Å²) in [5.74, 6) is 2.97. The van der Waals surface area contributed by atoms with Crippen LogP contribution in [0.1, 0.15) is 31.2 Å². The van der Waals surface area contributed by atoms with Gasteiger partial charge in [-0.1, -0.05) is 55.3 Å². The Morgan fingerprint density at radius 1 is 1.00 bits per heavy atom. The summed E-state index contributed by atoms with van der Waals surface area (Å²) in [4.78, 5) is 0. The minimum Gasteiger partial charge on any atom is -0.316 e. The monoisotopic (exact) mass is 279 g/mol. The van der Waals surface area contributed by atoms with E-state index in [-0.39, 0.29) is 0 Å². The van der Waals surface area contributed by atoms with Crippen molar-refractivity contribution < 1.29 is 0 Å². The molecular weight excluding hydrogens is 254 g/mol. The summed E-state index contributed by atoms with van der Waals surface area (Å²) in [5, 5.41) is 6.44. The fourth-order valence-electron chi connectivity index (χ4n) is 4.78. The van der Waals surface area contributed by atoms with Gasteiger partial charge in [0.1, 0.15) is 0 Å². The van der Waals surface area contributed by atoms with Gasteiger partial charge in [-0.25, -0.2) is 0 Å². The van der Waals surface area contributed by atoms with Crippen molar-refractivity contribution in [2.75, 3.05) is 7.05 Å². The van der Waals surface area contributed by atoms with Gasteiger partial charge in [-0.2, -0.15) is 0 Å². The molecule has 0 spiro atoms. The average Bonchev–Trinajstić information content (AvgIpc) is 3.27. The predicted molar refractivity (Wildman–Crippen MR) is 89.4 cm³/mol. The van der Waals surface area contributed by atoms with Gasteiger partial charge in [0, 0.05) is 6.04 Å². The van der Waals surface area contributed by atoms with E-state index < -0.39 is 0 Å². The predicted octanol–water partition coefficient (Wildman–Crippen LogP) is 4.41. The Morgan fingerprint density at radius 2 is 1.71 bits per heavy atom. The average molecular weight is 279 g/mol. The molecule has 21 heavy (non-hydrogen) atoms. The summed E-state index contributed by atoms with van der Waals surface area (Å²) in [6, 6.07) is 16.2. The van der Waals surface area contributed by atoms with Gasteiger partial charge in [0.25, 0.3) is 0 Å². The fourth-order valence-corrected chi connectivity index (χ4v) is 4.78. The Morgan fingerprint density at radius 3 is 2.48 bits per heavy atom. The van der Waals surface area contributed by atoms with Crippen LogP contribution in [-0.4, -0.2) is 13.1 Å². The Kier molecular flexibility index (Phi) is 3.46. The van der Waals surface area contributed by atoms with Crippen LogP contribution in [0.25, 0.3) is 10.8 Å². The van der Waals surface area contributed by atoms with E-state index in [4.69, 9.17) is 0 Å². The maximum Gasteiger partial charge on any atom is 0.0138 e. The van der Waals surface area contributed by atoms with Gasteiger partial charge in [0.15, 0.2) is 0 Å². The molecule has 0 aliphatic heterocycles. The Bertz CT molecular complexity index is 615. The van der Waals surface area contributed by atoms with Gasteiger partial charge < -0.3 is 5.32 Å². The third kappa shape index (κ3) is 2.38. The number of likely N-dealkylation sites (N-methyl/N-ethyl adjacent to an activating group) is 1. The standard InChI is InChI=1S/C20H25N/c1-21-19(20-17-11-4-5-12-18(17)20)13-15-9-6-8-14-7-2-3-10-16(14)15/h2-3,6-10,17-21H,4-5,11-13H2,1H3. The summed E-state index contributed by atoms with van der Waals surface area (Å²) in [7, 11) is 2.15. The largest absolute Gasteiger partial charge is 0.316 e. The summed E-state index contributed by atoms with van der Waals surface area (Å²) in [6.07, 6.45) is 7.05. The highest BCUT2D eigenvalue weighted by molar-refractivity contribution is 5.85. The van der Waals surface area contributed by atoms with Crippen LogP contribution in [0.4, 0.5) is 0 Å². The fraction of sp³-hybridized carbons (Fsp3) is 0.500. The second kappa shape index (κ2) is 5.46. The van der Waals surface area contributed by atoms with Gasteiger partial charge in [-0.3, -0.25) is 0 Å². The van der Waals surface area contributed by atoms with E-state index in [0.717, 1.165) is 17.8 Å². The second-order valence-electron chi connectivity index (χ2n) is 6.93. The Hall–Kier alpha value is -1.34. The summed E-state index contributed by atoms with van der Waals surface area (Å²) in [5.41, 5.74) is 1.51. The van der Waals surface area contributed by atoms with Gasteiger partial charge >= 0.3 is 0 Å². The molecule has 0 saturated heterocycles. The molecule has 2 aromatic rings. The van der Waals surface area contributed by atoms with E-state index in [1.165, 1.54) is 48.4 Å². The lowest BCUT2D eigenvalue weighted by molar-refractivity contribution is 0.461. The van der Waals surface area contributed by atoms with Crippen LogP contribution in [-0.2, 0) is 6.42 Å². The molecule has 0 amide bonds. The maximum absolute atomic E-state index is 3.63. The molecule has 2 saturated carbocycles. The molecule has 2 aromatic carbocycles. The van der Waals surface area contributed by atoms with Gasteiger partial charge in [0.2, 0.25) is 0 Å². The van der Waals surface area contributed by atoms with Crippen molar-refractivity contribution in [2.24, 2.45) is 17.8 Å². The quantitative estimate of drug-likeness (QED) is 0.874. The van der Waals surface area contributed by atoms with Gasteiger partial charge in [-0.05, 0) is 60.4 Å². The first-order chi connectivity index (χ1) is 10.4. The normalized spacial score (nSPS) is 29.1. The van der Waals surface area contributed by atoms with E-state index in [1.54, 1.807) is 0 Å². The summed E-state index contributed by atoms with van der Waals surface area (Å²) in [6.45, 7) is 0. The number of benzene rings is 2. The highest BCUT2D eigenvalue weighted by atomic mass is 14.9. The molecule has 4 rings (SSSR count). The van der Waals surface area contributed by atoms with E-state index in [2.05, 4.69) is 54.8 Å². The van der Waals surface area contributed by atoms with E-state index >= 15 is 0 Å². The lowest BCUT2D eigenvalue weighted by Crippen LogP contribution is -2.31. The Balaban J connectivity index is 1.58. The van der Waals surface area contributed by atoms with Crippen LogP contribution < -0.4 is 5.32 Å². The number of nitrogens with one attached hydrogen (secondary N) is 1. The molecule has 3 unspecified atom stereocenters. The molecule has 1 heteroatoms. The lowest BCUT2D eigenvalue weighted by Gasteiger charge is -2.18. The van der Waals surface area contributed by atoms with Crippen LogP contribution in [0, 0.1) is 17.8 Å². The third-order valence-corrected chi connectivity index (χ3v) is 5.88. The van der Waals surface area contributed by atoms with Crippen molar-refractivity contribution >= 4 is 10.8 Å². The molecule has 2 aliphatic carbocycles. The van der Waals surface area contributed by atoms with Crippen molar-refractivity contribution in [3.05, 3.63) is 48.0 Å². The molecule has 0 aromatic heterocycles. The van der Waals surface area contributed by atoms with Crippen LogP contribution in [0.2, 0.25) is 0 Å². The highest BCUT2D eigenvalue weighted by Gasteiger charge is 2.53. The van der Waals surface area contributed by atoms with Crippen LogP contribution in [0.3, 0.4) is 0 Å². The minimum atomic E-state index is 0.656. The van der Waals surface area contributed by atoms with E-state index in [9.17, 15) is 0 Å². The molecule has 0 radical (unpaired) electrons. The van der Waals surface area contributed by atoms with Gasteiger partial charge in [0.05, 0.1) is 0 Å². The molecule has 1 nitrogen and oxygen atoms in total. The van der Waals surface area contributed by atoms with Crippen molar-refractivity contribution in [2.45, 2.75) is 38.1 Å². The molecule has 110 valence electrons. The molecule has 1 N–H and O–H groups in total. The smallest absolute Gasteiger partial charge is 0.0138 e. The highest BCUT2D eigenvalue weighted by Crippen LogP contribution is 2.57. The zero-order valence-corrected chi connectivity index (χ0v) is 12.9. The van der Waals surface area contributed by atoms with Crippen molar-refractivity contribution in [1.29, 1.82) is 0 Å². The first-order valence-corrected chi connectivity index (χ1v) is 8.52. The summed E-state index contributed by atoms with van der Waals surface area (Å²) < 4.78 is 0. The van der Waals surface area contributed by atoms with Crippen LogP contribution in [0.5, 0.6) is 0 Å². The number of fused-ring (bicyclic) bond motifs is 2. The zero-order valence-electron chi connectivity index (χ0n) is 12.9. The second-order valence-corrected chi connectivity index (χ2v) is 6.93. The number of rotatable bonds is 4. The molecule has 2 aliphatic rings. The molecule has 2 fully saturated rings. The first kappa shape index (κ1) is 13.3. The van der Waals surface area contributed by atoms with Crippen molar-refractivity contribution in [3.63, 3.8) is 0 Å². The first-order valence-electron chi connectivity index (χ1n) is 8.52.